The number of anilines is 1. The molecular formula is C30H26N2S2. The van der Waals surface area contributed by atoms with Gasteiger partial charge in [0.05, 0.1) is 20.9 Å². The predicted molar refractivity (Wildman–Crippen MR) is 151 cm³/mol. The Morgan fingerprint density at radius 3 is 2.35 bits per heavy atom. The molecule has 0 unspecified atom stereocenters. The Morgan fingerprint density at radius 2 is 1.59 bits per heavy atom. The smallest absolute Gasteiger partial charge is 0.120 e. The largest absolute Gasteiger partial charge is 0.335 e. The molecule has 0 amide bonds. The molecule has 0 N–H and O–H groups in total. The summed E-state index contributed by atoms with van der Waals surface area (Å²) in [7, 11) is 0. The van der Waals surface area contributed by atoms with E-state index in [-0.39, 0.29) is 0 Å². The highest BCUT2D eigenvalue weighted by Gasteiger charge is 2.26. The highest BCUT2D eigenvalue weighted by atomic mass is 32.2. The van der Waals surface area contributed by atoms with E-state index < -0.39 is 0 Å². The summed E-state index contributed by atoms with van der Waals surface area (Å²) in [5.41, 5.74) is 5.09. The summed E-state index contributed by atoms with van der Waals surface area (Å²) in [6, 6.07) is 26.2. The highest BCUT2D eigenvalue weighted by Crippen LogP contribution is 2.50. The first-order valence-electron chi connectivity index (χ1n) is 11.8. The lowest BCUT2D eigenvalue weighted by Gasteiger charge is -2.20. The van der Waals surface area contributed by atoms with E-state index in [1.54, 1.807) is 0 Å². The number of allylic oxidation sites excluding steroid dienone is 3. The third kappa shape index (κ3) is 3.44. The highest BCUT2D eigenvalue weighted by molar-refractivity contribution is 8.03. The lowest BCUT2D eigenvalue weighted by Crippen LogP contribution is -2.17. The van der Waals surface area contributed by atoms with Gasteiger partial charge in [0.1, 0.15) is 5.01 Å². The van der Waals surface area contributed by atoms with Crippen LogP contribution in [0.25, 0.3) is 37.3 Å². The van der Waals surface area contributed by atoms with Crippen LogP contribution in [0.5, 0.6) is 0 Å². The first kappa shape index (κ1) is 21.5. The van der Waals surface area contributed by atoms with E-state index in [1.165, 1.54) is 53.0 Å². The molecule has 4 heteroatoms. The van der Waals surface area contributed by atoms with Crippen molar-refractivity contribution in [1.82, 2.24) is 4.98 Å². The number of rotatable bonds is 4. The quantitative estimate of drug-likeness (QED) is 0.256. The fraction of sp³-hybridized carbons (Fsp3) is 0.167. The van der Waals surface area contributed by atoms with Crippen molar-refractivity contribution in [2.45, 2.75) is 32.1 Å². The van der Waals surface area contributed by atoms with Gasteiger partial charge < -0.3 is 4.90 Å². The van der Waals surface area contributed by atoms with Crippen molar-refractivity contribution >= 4 is 66.1 Å². The second kappa shape index (κ2) is 8.61. The van der Waals surface area contributed by atoms with Crippen molar-refractivity contribution < 1.29 is 0 Å². The maximum absolute atomic E-state index is 5.14. The van der Waals surface area contributed by atoms with Crippen LogP contribution in [0.3, 0.4) is 0 Å². The van der Waals surface area contributed by atoms with Crippen molar-refractivity contribution in [1.29, 1.82) is 0 Å². The van der Waals surface area contributed by atoms with Crippen LogP contribution < -0.4 is 4.90 Å². The fourth-order valence-corrected chi connectivity index (χ4v) is 7.36. The van der Waals surface area contributed by atoms with Crippen LogP contribution in [0.4, 0.5) is 5.69 Å². The SMILES string of the molecule is CCC(=C(C)C=C1Sc2ccc3ccccc3c2N1CC)c1nc2c(ccc3ccccc32)s1. The molecule has 0 atom stereocenters. The van der Waals surface area contributed by atoms with Gasteiger partial charge in [-0.15, -0.1) is 11.3 Å². The Kier molecular flexibility index (Phi) is 5.43. The van der Waals surface area contributed by atoms with Crippen LogP contribution in [-0.4, -0.2) is 11.5 Å². The topological polar surface area (TPSA) is 16.1 Å². The van der Waals surface area contributed by atoms with Crippen molar-refractivity contribution in [3.05, 3.63) is 94.5 Å². The molecule has 0 aliphatic carbocycles. The zero-order valence-corrected chi connectivity index (χ0v) is 21.3. The number of fused-ring (bicyclic) bond motifs is 6. The van der Waals surface area contributed by atoms with Gasteiger partial charge in [-0.2, -0.15) is 0 Å². The first-order valence-corrected chi connectivity index (χ1v) is 13.5. The Bertz CT molecular complexity index is 1620. The van der Waals surface area contributed by atoms with E-state index in [4.69, 9.17) is 4.98 Å². The second-order valence-corrected chi connectivity index (χ2v) is 10.7. The van der Waals surface area contributed by atoms with Gasteiger partial charge in [0.2, 0.25) is 0 Å². The maximum Gasteiger partial charge on any atom is 0.120 e. The number of thioether (sulfide) groups is 1. The summed E-state index contributed by atoms with van der Waals surface area (Å²) < 4.78 is 1.25. The molecule has 5 aromatic rings. The first-order chi connectivity index (χ1) is 16.7. The van der Waals surface area contributed by atoms with Gasteiger partial charge in [-0.25, -0.2) is 4.98 Å². The number of hydrogen-bond donors (Lipinski definition) is 0. The van der Waals surface area contributed by atoms with Crippen LogP contribution in [0.15, 0.2) is 94.4 Å². The summed E-state index contributed by atoms with van der Waals surface area (Å²) in [4.78, 5) is 8.94. The molecule has 4 aromatic carbocycles. The predicted octanol–water partition coefficient (Wildman–Crippen LogP) is 9.26. The van der Waals surface area contributed by atoms with E-state index >= 15 is 0 Å². The number of aromatic nitrogens is 1. The molecule has 0 saturated heterocycles. The second-order valence-electron chi connectivity index (χ2n) is 8.63. The Labute approximate surface area is 208 Å². The van der Waals surface area contributed by atoms with Crippen LogP contribution >= 0.6 is 23.1 Å². The molecule has 0 saturated carbocycles. The van der Waals surface area contributed by atoms with Crippen molar-refractivity contribution in [2.75, 3.05) is 11.4 Å². The minimum atomic E-state index is 0.946. The third-order valence-electron chi connectivity index (χ3n) is 6.64. The molecule has 0 spiro atoms. The lowest BCUT2D eigenvalue weighted by atomic mass is 10.1. The molecule has 0 fully saturated rings. The lowest BCUT2D eigenvalue weighted by molar-refractivity contribution is 1.01. The van der Waals surface area contributed by atoms with Crippen LogP contribution in [0, 0.1) is 0 Å². The Morgan fingerprint density at radius 1 is 0.882 bits per heavy atom. The van der Waals surface area contributed by atoms with Crippen molar-refractivity contribution in [3.8, 4) is 0 Å². The zero-order chi connectivity index (χ0) is 23.2. The summed E-state index contributed by atoms with van der Waals surface area (Å²) in [5.74, 6) is 0. The zero-order valence-electron chi connectivity index (χ0n) is 19.6. The van der Waals surface area contributed by atoms with Crippen molar-refractivity contribution in [3.63, 3.8) is 0 Å². The van der Waals surface area contributed by atoms with Gasteiger partial charge in [-0.05, 0) is 60.4 Å². The monoisotopic (exact) mass is 478 g/mol. The van der Waals surface area contributed by atoms with Gasteiger partial charge in [0, 0.05) is 22.2 Å². The number of hydrogen-bond acceptors (Lipinski definition) is 4. The average Bonchev–Trinajstić information content (AvgIpc) is 3.45. The molecule has 34 heavy (non-hydrogen) atoms. The standard InChI is InChI=1S/C30H26N2S2/c1-4-22(30-31-28-23-12-8-6-10-20(23)14-16-25(28)34-30)19(3)18-27-32(5-2)29-24-13-9-7-11-21(24)15-17-26(29)33-27/h6-18H,4-5H2,1-3H3. The van der Waals surface area contributed by atoms with Gasteiger partial charge in [0.25, 0.3) is 0 Å². The van der Waals surface area contributed by atoms with Gasteiger partial charge in [-0.1, -0.05) is 79.3 Å². The Balaban J connectivity index is 1.45. The van der Waals surface area contributed by atoms with Gasteiger partial charge in [0.15, 0.2) is 0 Å². The molecular weight excluding hydrogens is 452 g/mol. The summed E-state index contributed by atoms with van der Waals surface area (Å²) in [5, 5.41) is 7.54. The van der Waals surface area contributed by atoms with Crippen LogP contribution in [0.2, 0.25) is 0 Å². The van der Waals surface area contributed by atoms with Crippen LogP contribution in [0.1, 0.15) is 32.2 Å². The molecule has 1 aromatic heterocycles. The van der Waals surface area contributed by atoms with E-state index in [2.05, 4.69) is 105 Å². The normalized spacial score (nSPS) is 15.5. The maximum atomic E-state index is 5.14. The van der Waals surface area contributed by atoms with Gasteiger partial charge >= 0.3 is 0 Å². The average molecular weight is 479 g/mol. The third-order valence-corrected chi connectivity index (χ3v) is 8.82. The van der Waals surface area contributed by atoms with Gasteiger partial charge in [-0.3, -0.25) is 0 Å². The van der Waals surface area contributed by atoms with Crippen molar-refractivity contribution in [2.24, 2.45) is 0 Å². The number of benzene rings is 4. The molecule has 0 radical (unpaired) electrons. The van der Waals surface area contributed by atoms with E-state index in [9.17, 15) is 0 Å². The minimum absolute atomic E-state index is 0.946. The van der Waals surface area contributed by atoms with E-state index in [0.717, 1.165) is 23.5 Å². The summed E-state index contributed by atoms with van der Waals surface area (Å²) in [6.07, 6.45) is 3.33. The minimum Gasteiger partial charge on any atom is -0.335 e. The molecule has 1 aliphatic rings. The molecule has 0 bridgehead atoms. The summed E-state index contributed by atoms with van der Waals surface area (Å²) in [6.45, 7) is 7.67. The molecule has 2 heterocycles. The summed E-state index contributed by atoms with van der Waals surface area (Å²) >= 11 is 3.69. The molecule has 2 nitrogen and oxygen atoms in total. The fourth-order valence-electron chi connectivity index (χ4n) is 4.96. The van der Waals surface area contributed by atoms with E-state index in [0.29, 0.717) is 0 Å². The molecule has 168 valence electrons. The number of nitrogens with zero attached hydrogens (tertiary/aromatic N) is 2. The number of thiazole rings is 1. The Hall–Kier alpha value is -3.08. The van der Waals surface area contributed by atoms with E-state index in [1.807, 2.05) is 23.1 Å². The molecule has 6 rings (SSSR count). The molecule has 1 aliphatic heterocycles. The van der Waals surface area contributed by atoms with Crippen LogP contribution in [-0.2, 0) is 0 Å².